The summed E-state index contributed by atoms with van der Waals surface area (Å²) in [7, 11) is 0. The minimum Gasteiger partial charge on any atom is -0.371 e. The Bertz CT molecular complexity index is 434. The molecule has 1 aliphatic carbocycles. The van der Waals surface area contributed by atoms with Crippen molar-refractivity contribution >= 4 is 5.69 Å². The fourth-order valence-electron chi connectivity index (χ4n) is 2.68. The van der Waals surface area contributed by atoms with Gasteiger partial charge in [0.05, 0.1) is 11.5 Å². The van der Waals surface area contributed by atoms with Crippen LogP contribution in [0.1, 0.15) is 31.2 Å². The third-order valence-electron chi connectivity index (χ3n) is 3.83. The lowest BCUT2D eigenvalue weighted by Gasteiger charge is -2.23. The van der Waals surface area contributed by atoms with E-state index < -0.39 is 0 Å². The summed E-state index contributed by atoms with van der Waals surface area (Å²) in [4.78, 5) is 2.44. The maximum absolute atomic E-state index is 9.31. The van der Waals surface area contributed by atoms with Crippen molar-refractivity contribution in [2.75, 3.05) is 18.0 Å². The molecule has 1 heterocycles. The van der Waals surface area contributed by atoms with Crippen LogP contribution in [0.5, 0.6) is 0 Å². The molecule has 82 valence electrons. The van der Waals surface area contributed by atoms with Crippen molar-refractivity contribution in [2.45, 2.75) is 31.1 Å². The lowest BCUT2D eigenvalue weighted by molar-refractivity contribution is 0.874. The van der Waals surface area contributed by atoms with Crippen LogP contribution in [0.4, 0.5) is 5.69 Å². The minimum absolute atomic E-state index is 0.154. The summed E-state index contributed by atoms with van der Waals surface area (Å²) < 4.78 is 0. The number of anilines is 1. The van der Waals surface area contributed by atoms with Crippen LogP contribution >= 0.6 is 0 Å². The van der Waals surface area contributed by atoms with Gasteiger partial charge in [-0.1, -0.05) is 18.2 Å². The molecular formula is C14H16N2. The van der Waals surface area contributed by atoms with Gasteiger partial charge in [0.25, 0.3) is 0 Å². The molecule has 1 aliphatic heterocycles. The Hall–Kier alpha value is -1.49. The second kappa shape index (κ2) is 3.52. The molecule has 2 nitrogen and oxygen atoms in total. The maximum atomic E-state index is 9.31. The fourth-order valence-corrected chi connectivity index (χ4v) is 2.68. The fraction of sp³-hybridized carbons (Fsp3) is 0.500. The molecule has 1 aromatic rings. The number of para-hydroxylation sites is 1. The first kappa shape index (κ1) is 9.72. The minimum atomic E-state index is -0.154. The van der Waals surface area contributed by atoms with Gasteiger partial charge in [-0.2, -0.15) is 5.26 Å². The first-order valence-electron chi connectivity index (χ1n) is 6.11. The van der Waals surface area contributed by atoms with Crippen molar-refractivity contribution in [1.29, 1.82) is 5.26 Å². The molecular weight excluding hydrogens is 196 g/mol. The van der Waals surface area contributed by atoms with Gasteiger partial charge in [-0.25, -0.2) is 0 Å². The van der Waals surface area contributed by atoms with Crippen molar-refractivity contribution < 1.29 is 0 Å². The first-order chi connectivity index (χ1) is 7.86. The largest absolute Gasteiger partial charge is 0.371 e. The Labute approximate surface area is 96.5 Å². The highest BCUT2D eigenvalue weighted by Crippen LogP contribution is 2.50. The molecule has 16 heavy (non-hydrogen) atoms. The molecule has 0 atom stereocenters. The molecule has 0 aromatic heterocycles. The van der Waals surface area contributed by atoms with Crippen LogP contribution in [0.15, 0.2) is 24.3 Å². The number of benzene rings is 1. The quantitative estimate of drug-likeness (QED) is 0.753. The monoisotopic (exact) mass is 212 g/mol. The van der Waals surface area contributed by atoms with Gasteiger partial charge in [0, 0.05) is 18.8 Å². The molecule has 2 fully saturated rings. The molecule has 2 aliphatic rings. The highest BCUT2D eigenvalue weighted by molar-refractivity contribution is 5.61. The van der Waals surface area contributed by atoms with Crippen LogP contribution in [-0.4, -0.2) is 13.1 Å². The molecule has 0 radical (unpaired) electrons. The lowest BCUT2D eigenvalue weighted by Crippen LogP contribution is -2.21. The zero-order chi connectivity index (χ0) is 11.0. The van der Waals surface area contributed by atoms with Gasteiger partial charge in [-0.05, 0) is 37.3 Å². The molecule has 0 amide bonds. The summed E-state index contributed by atoms with van der Waals surface area (Å²) in [6.07, 6.45) is 4.64. The zero-order valence-electron chi connectivity index (χ0n) is 9.45. The average Bonchev–Trinajstić information content (AvgIpc) is 2.95. The van der Waals surface area contributed by atoms with Gasteiger partial charge in [0.2, 0.25) is 0 Å². The van der Waals surface area contributed by atoms with Crippen LogP contribution in [-0.2, 0) is 5.41 Å². The summed E-state index contributed by atoms with van der Waals surface area (Å²) >= 11 is 0. The Kier molecular flexibility index (Phi) is 2.14. The van der Waals surface area contributed by atoms with Crippen LogP contribution in [0.25, 0.3) is 0 Å². The van der Waals surface area contributed by atoms with E-state index >= 15 is 0 Å². The highest BCUT2D eigenvalue weighted by Gasteiger charge is 2.46. The number of nitrogens with zero attached hydrogens (tertiary/aromatic N) is 2. The normalized spacial score (nSPS) is 21.8. The topological polar surface area (TPSA) is 27.0 Å². The van der Waals surface area contributed by atoms with Gasteiger partial charge < -0.3 is 4.90 Å². The molecule has 2 heteroatoms. The summed E-state index contributed by atoms with van der Waals surface area (Å²) in [6, 6.07) is 11.0. The van der Waals surface area contributed by atoms with E-state index in [0.717, 1.165) is 25.9 Å². The van der Waals surface area contributed by atoms with E-state index in [1.165, 1.54) is 24.1 Å². The zero-order valence-corrected chi connectivity index (χ0v) is 9.45. The third-order valence-corrected chi connectivity index (χ3v) is 3.83. The van der Waals surface area contributed by atoms with Crippen LogP contribution in [0.3, 0.4) is 0 Å². The first-order valence-corrected chi connectivity index (χ1v) is 6.11. The van der Waals surface area contributed by atoms with Gasteiger partial charge >= 0.3 is 0 Å². The maximum Gasteiger partial charge on any atom is 0.0843 e. The number of nitriles is 1. The van der Waals surface area contributed by atoms with E-state index in [1.54, 1.807) is 0 Å². The number of rotatable bonds is 2. The van der Waals surface area contributed by atoms with Crippen molar-refractivity contribution in [2.24, 2.45) is 0 Å². The summed E-state index contributed by atoms with van der Waals surface area (Å²) in [5, 5.41) is 9.31. The van der Waals surface area contributed by atoms with Gasteiger partial charge in [0.15, 0.2) is 0 Å². The Balaban J connectivity index is 2.01. The van der Waals surface area contributed by atoms with E-state index in [4.69, 9.17) is 0 Å². The molecule has 1 aromatic carbocycles. The van der Waals surface area contributed by atoms with Gasteiger partial charge in [-0.3, -0.25) is 0 Å². The van der Waals surface area contributed by atoms with Crippen LogP contribution < -0.4 is 4.90 Å². The standard InChI is InChI=1S/C14H16N2/c15-11-14(7-8-14)12-5-1-2-6-13(12)16-9-3-4-10-16/h1-2,5-6H,3-4,7-10H2. The Morgan fingerprint density at radius 2 is 1.81 bits per heavy atom. The van der Waals surface area contributed by atoms with Crippen molar-refractivity contribution in [3.8, 4) is 6.07 Å². The predicted molar refractivity (Wildman–Crippen MR) is 64.4 cm³/mol. The molecule has 0 unspecified atom stereocenters. The van der Waals surface area contributed by atoms with E-state index in [1.807, 2.05) is 0 Å². The van der Waals surface area contributed by atoms with Crippen LogP contribution in [0, 0.1) is 11.3 Å². The van der Waals surface area contributed by atoms with E-state index in [-0.39, 0.29) is 5.41 Å². The third kappa shape index (κ3) is 1.39. The molecule has 1 saturated heterocycles. The summed E-state index contributed by atoms with van der Waals surface area (Å²) in [6.45, 7) is 2.30. The van der Waals surface area contributed by atoms with Crippen molar-refractivity contribution in [3.63, 3.8) is 0 Å². The molecule has 0 spiro atoms. The average molecular weight is 212 g/mol. The highest BCUT2D eigenvalue weighted by atomic mass is 15.1. The molecule has 0 N–H and O–H groups in total. The Morgan fingerprint density at radius 3 is 2.44 bits per heavy atom. The van der Waals surface area contributed by atoms with Gasteiger partial charge in [-0.15, -0.1) is 0 Å². The smallest absolute Gasteiger partial charge is 0.0843 e. The summed E-state index contributed by atoms with van der Waals surface area (Å²) in [5.41, 5.74) is 2.41. The molecule has 3 rings (SSSR count). The van der Waals surface area contributed by atoms with E-state index in [0.29, 0.717) is 0 Å². The predicted octanol–water partition coefficient (Wildman–Crippen LogP) is 2.84. The van der Waals surface area contributed by atoms with Gasteiger partial charge in [0.1, 0.15) is 0 Å². The van der Waals surface area contributed by atoms with Crippen LogP contribution in [0.2, 0.25) is 0 Å². The molecule has 0 bridgehead atoms. The summed E-state index contributed by atoms with van der Waals surface area (Å²) in [5.74, 6) is 0. The lowest BCUT2D eigenvalue weighted by atomic mass is 9.95. The Morgan fingerprint density at radius 1 is 1.12 bits per heavy atom. The van der Waals surface area contributed by atoms with Crippen molar-refractivity contribution in [1.82, 2.24) is 0 Å². The van der Waals surface area contributed by atoms with E-state index in [9.17, 15) is 5.26 Å². The number of hydrogen-bond acceptors (Lipinski definition) is 2. The second-order valence-electron chi connectivity index (χ2n) is 4.91. The number of hydrogen-bond donors (Lipinski definition) is 0. The van der Waals surface area contributed by atoms with E-state index in [2.05, 4.69) is 35.2 Å². The molecule has 1 saturated carbocycles. The van der Waals surface area contributed by atoms with Crippen molar-refractivity contribution in [3.05, 3.63) is 29.8 Å². The SMILES string of the molecule is N#CC1(c2ccccc2N2CCCC2)CC1. The second-order valence-corrected chi connectivity index (χ2v) is 4.91.